The van der Waals surface area contributed by atoms with Crippen LogP contribution in [0.2, 0.25) is 0 Å². The number of hydrogen-bond acceptors (Lipinski definition) is 2. The fourth-order valence-corrected chi connectivity index (χ4v) is 1.27. The lowest BCUT2D eigenvalue weighted by Gasteiger charge is -2.04. The topological polar surface area (TPSA) is 63.5 Å². The van der Waals surface area contributed by atoms with Gasteiger partial charge in [0, 0.05) is 5.69 Å². The molecule has 1 aromatic heterocycles. The molecule has 2 rings (SSSR count). The van der Waals surface area contributed by atoms with Crippen LogP contribution in [0, 0.1) is 0 Å². The smallest absolute Gasteiger partial charge is 0.193 e. The lowest BCUT2D eigenvalue weighted by Crippen LogP contribution is -2.22. The SMILES string of the molecule is I.NC(=NCc1ccco1)Nc1ccccc1. The van der Waals surface area contributed by atoms with Crippen molar-refractivity contribution in [3.8, 4) is 0 Å². The predicted octanol–water partition coefficient (Wildman–Crippen LogP) is 2.82. The molecule has 0 aliphatic carbocycles. The molecule has 5 heteroatoms. The van der Waals surface area contributed by atoms with Crippen molar-refractivity contribution < 1.29 is 4.42 Å². The molecule has 0 atom stereocenters. The molecule has 0 bridgehead atoms. The van der Waals surface area contributed by atoms with E-state index in [0.717, 1.165) is 11.4 Å². The van der Waals surface area contributed by atoms with Crippen molar-refractivity contribution in [3.05, 3.63) is 54.5 Å². The van der Waals surface area contributed by atoms with E-state index >= 15 is 0 Å². The van der Waals surface area contributed by atoms with Crippen molar-refractivity contribution in [2.24, 2.45) is 10.7 Å². The van der Waals surface area contributed by atoms with Crippen LogP contribution in [0.4, 0.5) is 5.69 Å². The Hall–Kier alpha value is -1.50. The van der Waals surface area contributed by atoms with Crippen molar-refractivity contribution in [2.45, 2.75) is 6.54 Å². The number of guanidine groups is 1. The Kier molecular flexibility index (Phi) is 5.55. The van der Waals surface area contributed by atoms with Crippen LogP contribution < -0.4 is 11.1 Å². The first-order chi connectivity index (χ1) is 7.84. The van der Waals surface area contributed by atoms with Crippen LogP contribution in [0.1, 0.15) is 5.76 Å². The van der Waals surface area contributed by atoms with Gasteiger partial charge in [0.15, 0.2) is 5.96 Å². The molecule has 0 radical (unpaired) electrons. The molecule has 1 aromatic carbocycles. The summed E-state index contributed by atoms with van der Waals surface area (Å²) in [5, 5.41) is 2.99. The number of anilines is 1. The molecule has 0 aliphatic rings. The summed E-state index contributed by atoms with van der Waals surface area (Å²) in [7, 11) is 0. The maximum absolute atomic E-state index is 5.72. The van der Waals surface area contributed by atoms with Crippen LogP contribution in [0.5, 0.6) is 0 Å². The number of benzene rings is 1. The molecule has 4 nitrogen and oxygen atoms in total. The number of nitrogens with one attached hydrogen (secondary N) is 1. The van der Waals surface area contributed by atoms with Gasteiger partial charge in [-0.3, -0.25) is 0 Å². The molecule has 0 amide bonds. The van der Waals surface area contributed by atoms with Crippen LogP contribution in [0.25, 0.3) is 0 Å². The summed E-state index contributed by atoms with van der Waals surface area (Å²) in [6.07, 6.45) is 1.62. The van der Waals surface area contributed by atoms with Crippen molar-refractivity contribution in [1.29, 1.82) is 0 Å². The quantitative estimate of drug-likeness (QED) is 0.512. The van der Waals surface area contributed by atoms with Gasteiger partial charge in [0.05, 0.1) is 6.26 Å². The molecule has 0 fully saturated rings. The van der Waals surface area contributed by atoms with Gasteiger partial charge in [0.25, 0.3) is 0 Å². The summed E-state index contributed by atoms with van der Waals surface area (Å²) in [6, 6.07) is 13.3. The second kappa shape index (κ2) is 6.95. The predicted molar refractivity (Wildman–Crippen MR) is 79.5 cm³/mol. The number of aliphatic imine (C=N–C) groups is 1. The van der Waals surface area contributed by atoms with E-state index in [1.54, 1.807) is 6.26 Å². The van der Waals surface area contributed by atoms with Crippen LogP contribution in [0.15, 0.2) is 58.1 Å². The third-order valence-electron chi connectivity index (χ3n) is 2.03. The summed E-state index contributed by atoms with van der Waals surface area (Å²) < 4.78 is 5.14. The van der Waals surface area contributed by atoms with Gasteiger partial charge < -0.3 is 15.5 Å². The van der Waals surface area contributed by atoms with Gasteiger partial charge in [-0.25, -0.2) is 4.99 Å². The molecule has 90 valence electrons. The van der Waals surface area contributed by atoms with Gasteiger partial charge >= 0.3 is 0 Å². The van der Waals surface area contributed by atoms with E-state index in [1.165, 1.54) is 0 Å². The highest BCUT2D eigenvalue weighted by molar-refractivity contribution is 14.0. The Bertz CT molecular complexity index is 454. The first-order valence-corrected chi connectivity index (χ1v) is 4.99. The third-order valence-corrected chi connectivity index (χ3v) is 2.03. The summed E-state index contributed by atoms with van der Waals surface area (Å²) in [6.45, 7) is 0.443. The maximum atomic E-state index is 5.72. The second-order valence-corrected chi connectivity index (χ2v) is 3.27. The van der Waals surface area contributed by atoms with E-state index in [0.29, 0.717) is 12.5 Å². The zero-order chi connectivity index (χ0) is 11.2. The largest absolute Gasteiger partial charge is 0.467 e. The molecule has 0 spiro atoms. The van der Waals surface area contributed by atoms with Crippen molar-refractivity contribution in [2.75, 3.05) is 5.32 Å². The Morgan fingerprint density at radius 3 is 2.59 bits per heavy atom. The van der Waals surface area contributed by atoms with Crippen LogP contribution in [0.3, 0.4) is 0 Å². The average Bonchev–Trinajstić information content (AvgIpc) is 2.81. The lowest BCUT2D eigenvalue weighted by molar-refractivity contribution is 0.513. The molecule has 1 heterocycles. The van der Waals surface area contributed by atoms with Crippen LogP contribution in [-0.4, -0.2) is 5.96 Å². The zero-order valence-electron chi connectivity index (χ0n) is 9.17. The summed E-state index contributed by atoms with van der Waals surface area (Å²) in [4.78, 5) is 4.15. The Morgan fingerprint density at radius 2 is 1.94 bits per heavy atom. The molecule has 17 heavy (non-hydrogen) atoms. The third kappa shape index (κ3) is 4.48. The lowest BCUT2D eigenvalue weighted by atomic mass is 10.3. The molecule has 0 saturated carbocycles. The Balaban J connectivity index is 0.00000144. The molecule has 0 aliphatic heterocycles. The van der Waals surface area contributed by atoms with E-state index in [9.17, 15) is 0 Å². The van der Waals surface area contributed by atoms with Gasteiger partial charge in [-0.05, 0) is 24.3 Å². The van der Waals surface area contributed by atoms with Gasteiger partial charge in [0.1, 0.15) is 12.3 Å². The van der Waals surface area contributed by atoms with Crippen molar-refractivity contribution in [1.82, 2.24) is 0 Å². The van der Waals surface area contributed by atoms with E-state index < -0.39 is 0 Å². The Morgan fingerprint density at radius 1 is 1.18 bits per heavy atom. The van der Waals surface area contributed by atoms with E-state index in [1.807, 2.05) is 42.5 Å². The minimum atomic E-state index is 0. The van der Waals surface area contributed by atoms with Crippen LogP contribution >= 0.6 is 24.0 Å². The Labute approximate surface area is 117 Å². The number of furan rings is 1. The summed E-state index contributed by atoms with van der Waals surface area (Å²) in [5.41, 5.74) is 6.64. The van der Waals surface area contributed by atoms with Crippen molar-refractivity contribution in [3.63, 3.8) is 0 Å². The van der Waals surface area contributed by atoms with Gasteiger partial charge in [-0.15, -0.1) is 24.0 Å². The molecular weight excluding hydrogens is 329 g/mol. The molecule has 3 N–H and O–H groups in total. The second-order valence-electron chi connectivity index (χ2n) is 3.27. The highest BCUT2D eigenvalue weighted by Crippen LogP contribution is 2.05. The van der Waals surface area contributed by atoms with E-state index in [-0.39, 0.29) is 24.0 Å². The minimum Gasteiger partial charge on any atom is -0.467 e. The zero-order valence-corrected chi connectivity index (χ0v) is 11.5. The van der Waals surface area contributed by atoms with Gasteiger partial charge in [-0.1, -0.05) is 18.2 Å². The number of para-hydroxylation sites is 1. The van der Waals surface area contributed by atoms with E-state index in [2.05, 4.69) is 10.3 Å². The number of halogens is 1. The first-order valence-electron chi connectivity index (χ1n) is 4.99. The standard InChI is InChI=1S/C12H13N3O.HI/c13-12(14-9-11-7-4-8-16-11)15-10-5-2-1-3-6-10;/h1-8H,9H2,(H3,13,14,15);1H. The fraction of sp³-hybridized carbons (Fsp3) is 0.0833. The number of nitrogens with zero attached hydrogens (tertiary/aromatic N) is 1. The maximum Gasteiger partial charge on any atom is 0.193 e. The van der Waals surface area contributed by atoms with Crippen LogP contribution in [-0.2, 0) is 6.54 Å². The highest BCUT2D eigenvalue weighted by Gasteiger charge is 1.95. The number of nitrogens with two attached hydrogens (primary N) is 1. The average molecular weight is 343 g/mol. The fourth-order valence-electron chi connectivity index (χ4n) is 1.27. The monoisotopic (exact) mass is 343 g/mol. The summed E-state index contributed by atoms with van der Waals surface area (Å²) in [5.74, 6) is 1.17. The normalized spacial score (nSPS) is 10.7. The molecular formula is C12H14IN3O. The van der Waals surface area contributed by atoms with Gasteiger partial charge in [0.2, 0.25) is 0 Å². The molecule has 2 aromatic rings. The molecule has 0 unspecified atom stereocenters. The number of hydrogen-bond donors (Lipinski definition) is 2. The number of rotatable bonds is 3. The summed E-state index contributed by atoms with van der Waals surface area (Å²) >= 11 is 0. The van der Waals surface area contributed by atoms with Gasteiger partial charge in [-0.2, -0.15) is 0 Å². The minimum absolute atomic E-state index is 0. The van der Waals surface area contributed by atoms with Crippen molar-refractivity contribution >= 4 is 35.6 Å². The molecule has 0 saturated heterocycles. The first kappa shape index (κ1) is 13.6. The highest BCUT2D eigenvalue weighted by atomic mass is 127. The van der Waals surface area contributed by atoms with E-state index in [4.69, 9.17) is 10.2 Å².